The Hall–Kier alpha value is -2.93. The number of halogens is 1. The number of aromatic nitrogens is 2. The van der Waals surface area contributed by atoms with Crippen molar-refractivity contribution in [2.45, 2.75) is 19.4 Å². The second-order valence-corrected chi connectivity index (χ2v) is 6.41. The highest BCUT2D eigenvalue weighted by Gasteiger charge is 2.17. The number of likely N-dealkylation sites (N-methyl/N-ethyl adjacent to an activating group) is 1. The van der Waals surface area contributed by atoms with Crippen LogP contribution in [0.5, 0.6) is 11.5 Å². The van der Waals surface area contributed by atoms with Crippen LogP contribution in [0.1, 0.15) is 11.1 Å². The Bertz CT molecular complexity index is 952. The van der Waals surface area contributed by atoms with E-state index < -0.39 is 11.9 Å². The molecule has 0 aliphatic heterocycles. The maximum Gasteiger partial charge on any atom is 0.239 e. The molecule has 7 heteroatoms. The summed E-state index contributed by atoms with van der Waals surface area (Å²) in [5.41, 5.74) is 8.16. The molecule has 1 atom stereocenters. The van der Waals surface area contributed by atoms with Gasteiger partial charge in [0.1, 0.15) is 11.4 Å². The molecule has 0 aliphatic rings. The minimum atomic E-state index is -0.710. The molecule has 0 saturated carbocycles. The molecule has 0 spiro atoms. The molecule has 3 rings (SSSR count). The number of hydrogen-bond donors (Lipinski definition) is 2. The summed E-state index contributed by atoms with van der Waals surface area (Å²) in [6, 6.07) is 5.59. The first-order valence-electron chi connectivity index (χ1n) is 8.22. The average Bonchev–Trinajstić information content (AvgIpc) is 2.98. The molecule has 3 N–H and O–H groups in total. The lowest BCUT2D eigenvalue weighted by molar-refractivity contribution is -0.130. The zero-order chi connectivity index (χ0) is 18.8. The maximum absolute atomic E-state index is 14.5. The fourth-order valence-electron chi connectivity index (χ4n) is 2.81. The van der Waals surface area contributed by atoms with E-state index in [1.54, 1.807) is 38.5 Å². The summed E-state index contributed by atoms with van der Waals surface area (Å²) in [5.74, 6) is -0.0766. The lowest BCUT2D eigenvalue weighted by Crippen LogP contribution is -2.41. The first-order valence-corrected chi connectivity index (χ1v) is 8.22. The van der Waals surface area contributed by atoms with Crippen molar-refractivity contribution in [3.8, 4) is 11.5 Å². The van der Waals surface area contributed by atoms with Crippen molar-refractivity contribution >= 4 is 16.9 Å². The first-order chi connectivity index (χ1) is 12.4. The third-order valence-corrected chi connectivity index (χ3v) is 4.16. The maximum atomic E-state index is 14.5. The predicted octanol–water partition coefficient (Wildman–Crippen LogP) is 2.76. The molecule has 1 aromatic carbocycles. The van der Waals surface area contributed by atoms with Crippen LogP contribution < -0.4 is 10.5 Å². The van der Waals surface area contributed by atoms with E-state index in [1.807, 2.05) is 13.1 Å². The zero-order valence-electron chi connectivity index (χ0n) is 14.9. The summed E-state index contributed by atoms with van der Waals surface area (Å²) < 4.78 is 20.3. The van der Waals surface area contributed by atoms with Gasteiger partial charge in [0.25, 0.3) is 0 Å². The average molecular weight is 356 g/mol. The Kier molecular flexibility index (Phi) is 4.90. The van der Waals surface area contributed by atoms with E-state index in [0.29, 0.717) is 17.0 Å². The molecule has 0 aliphatic carbocycles. The number of fused-ring (bicyclic) bond motifs is 1. The smallest absolute Gasteiger partial charge is 0.239 e. The molecule has 2 aromatic heterocycles. The Morgan fingerprint density at radius 1 is 1.35 bits per heavy atom. The van der Waals surface area contributed by atoms with Crippen LogP contribution in [0.3, 0.4) is 0 Å². The number of carbonyl (C=O) groups excluding carboxylic acids is 1. The van der Waals surface area contributed by atoms with E-state index in [-0.39, 0.29) is 18.1 Å². The van der Waals surface area contributed by atoms with Crippen LogP contribution >= 0.6 is 0 Å². The predicted molar refractivity (Wildman–Crippen MR) is 97.7 cm³/mol. The second-order valence-electron chi connectivity index (χ2n) is 6.41. The van der Waals surface area contributed by atoms with Gasteiger partial charge >= 0.3 is 0 Å². The molecule has 2 heterocycles. The van der Waals surface area contributed by atoms with Crippen LogP contribution in [-0.2, 0) is 11.2 Å². The number of nitrogens with one attached hydrogen (secondary N) is 1. The summed E-state index contributed by atoms with van der Waals surface area (Å²) in [6.07, 6.45) is 3.68. The third kappa shape index (κ3) is 3.52. The van der Waals surface area contributed by atoms with Gasteiger partial charge in [0, 0.05) is 26.5 Å². The van der Waals surface area contributed by atoms with Crippen molar-refractivity contribution in [3.63, 3.8) is 0 Å². The van der Waals surface area contributed by atoms with Crippen LogP contribution in [0.2, 0.25) is 0 Å². The van der Waals surface area contributed by atoms with Crippen molar-refractivity contribution in [2.24, 2.45) is 5.73 Å². The van der Waals surface area contributed by atoms with E-state index in [2.05, 4.69) is 9.97 Å². The molecule has 26 heavy (non-hydrogen) atoms. The third-order valence-electron chi connectivity index (χ3n) is 4.16. The Morgan fingerprint density at radius 3 is 2.81 bits per heavy atom. The molecule has 0 radical (unpaired) electrons. The first kappa shape index (κ1) is 17.9. The summed E-state index contributed by atoms with van der Waals surface area (Å²) in [6.45, 7) is 1.93. The number of rotatable bonds is 5. The van der Waals surface area contributed by atoms with Crippen molar-refractivity contribution in [1.29, 1.82) is 0 Å². The van der Waals surface area contributed by atoms with Gasteiger partial charge in [0.15, 0.2) is 11.6 Å². The number of aryl methyl sites for hydroxylation is 1. The van der Waals surface area contributed by atoms with Gasteiger partial charge in [-0.2, -0.15) is 0 Å². The van der Waals surface area contributed by atoms with Gasteiger partial charge in [-0.1, -0.05) is 6.07 Å². The highest BCUT2D eigenvalue weighted by atomic mass is 19.1. The van der Waals surface area contributed by atoms with E-state index in [0.717, 1.165) is 10.9 Å². The van der Waals surface area contributed by atoms with Crippen molar-refractivity contribution in [2.75, 3.05) is 14.1 Å². The fraction of sp³-hybridized carbons (Fsp3) is 0.263. The lowest BCUT2D eigenvalue weighted by atomic mass is 10.1. The van der Waals surface area contributed by atoms with Gasteiger partial charge in [-0.15, -0.1) is 0 Å². The lowest BCUT2D eigenvalue weighted by Gasteiger charge is -2.17. The SMILES string of the molecule is Cc1c[nH]c2nccc(Oc3ccc(CC(N)C(=O)N(C)C)cc3F)c12. The normalized spacial score (nSPS) is 12.2. The van der Waals surface area contributed by atoms with Crippen LogP contribution in [-0.4, -0.2) is 40.9 Å². The Morgan fingerprint density at radius 2 is 2.12 bits per heavy atom. The van der Waals surface area contributed by atoms with Gasteiger partial charge < -0.3 is 20.4 Å². The molecule has 136 valence electrons. The minimum Gasteiger partial charge on any atom is -0.453 e. The van der Waals surface area contributed by atoms with Crippen LogP contribution in [0.25, 0.3) is 11.0 Å². The van der Waals surface area contributed by atoms with E-state index in [9.17, 15) is 9.18 Å². The fourth-order valence-corrected chi connectivity index (χ4v) is 2.81. The van der Waals surface area contributed by atoms with E-state index in [4.69, 9.17) is 10.5 Å². The topological polar surface area (TPSA) is 84.2 Å². The van der Waals surface area contributed by atoms with Crippen molar-refractivity contribution < 1.29 is 13.9 Å². The Labute approximate surface area is 150 Å². The number of hydrogen-bond acceptors (Lipinski definition) is 4. The molecule has 3 aromatic rings. The number of carbonyl (C=O) groups is 1. The van der Waals surface area contributed by atoms with Gasteiger partial charge in [0.05, 0.1) is 11.4 Å². The molecular weight excluding hydrogens is 335 g/mol. The van der Waals surface area contributed by atoms with E-state index in [1.165, 1.54) is 11.0 Å². The number of benzene rings is 1. The molecule has 1 amide bonds. The minimum absolute atomic E-state index is 0.106. The number of pyridine rings is 1. The van der Waals surface area contributed by atoms with Gasteiger partial charge in [-0.05, 0) is 42.7 Å². The van der Waals surface area contributed by atoms with Crippen molar-refractivity contribution in [1.82, 2.24) is 14.9 Å². The summed E-state index contributed by atoms with van der Waals surface area (Å²) in [5, 5.41) is 0.814. The molecule has 0 saturated heterocycles. The monoisotopic (exact) mass is 356 g/mol. The van der Waals surface area contributed by atoms with Crippen LogP contribution in [0.4, 0.5) is 4.39 Å². The number of nitrogens with zero attached hydrogens (tertiary/aromatic N) is 2. The molecule has 6 nitrogen and oxygen atoms in total. The number of ether oxygens (including phenoxy) is 1. The van der Waals surface area contributed by atoms with E-state index >= 15 is 0 Å². The van der Waals surface area contributed by atoms with Gasteiger partial charge in [-0.25, -0.2) is 9.37 Å². The van der Waals surface area contributed by atoms with Gasteiger partial charge in [-0.3, -0.25) is 4.79 Å². The number of aromatic amines is 1. The van der Waals surface area contributed by atoms with Crippen LogP contribution in [0, 0.1) is 12.7 Å². The summed E-state index contributed by atoms with van der Waals surface area (Å²) in [7, 11) is 3.27. The standard InChI is InChI=1S/C19H21FN4O2/c1-11-10-23-18-17(11)16(6-7-22-18)26-15-5-4-12(8-13(15)20)9-14(21)19(25)24(2)3/h4-8,10,14H,9,21H2,1-3H3,(H,22,23). The highest BCUT2D eigenvalue weighted by molar-refractivity contribution is 5.86. The summed E-state index contributed by atoms with van der Waals surface area (Å²) in [4.78, 5) is 20.5. The van der Waals surface area contributed by atoms with Crippen LogP contribution in [0.15, 0.2) is 36.7 Å². The quantitative estimate of drug-likeness (QED) is 0.736. The molecule has 1 unspecified atom stereocenters. The molecule has 0 bridgehead atoms. The highest BCUT2D eigenvalue weighted by Crippen LogP contribution is 2.32. The van der Waals surface area contributed by atoms with Crippen molar-refractivity contribution in [3.05, 3.63) is 53.6 Å². The largest absolute Gasteiger partial charge is 0.453 e. The number of H-pyrrole nitrogens is 1. The van der Waals surface area contributed by atoms with Gasteiger partial charge in [0.2, 0.25) is 5.91 Å². The second kappa shape index (κ2) is 7.13. The Balaban J connectivity index is 1.82. The number of nitrogens with two attached hydrogens (primary N) is 1. The molecular formula is C19H21FN4O2. The zero-order valence-corrected chi connectivity index (χ0v) is 14.9. The summed E-state index contributed by atoms with van der Waals surface area (Å²) >= 11 is 0. The molecule has 0 fully saturated rings. The number of amides is 1.